The lowest BCUT2D eigenvalue weighted by Crippen LogP contribution is -2.57. The number of hydrogen-bond acceptors (Lipinski definition) is 6. The molecule has 1 aromatic heterocycles. The first-order valence-electron chi connectivity index (χ1n) is 10.6. The van der Waals surface area contributed by atoms with E-state index < -0.39 is 11.6 Å². The van der Waals surface area contributed by atoms with Crippen LogP contribution in [-0.2, 0) is 40.3 Å². The van der Waals surface area contributed by atoms with Gasteiger partial charge in [0.1, 0.15) is 18.2 Å². The van der Waals surface area contributed by atoms with Crippen LogP contribution in [0.2, 0.25) is 0 Å². The third-order valence-corrected chi connectivity index (χ3v) is 5.30. The molecule has 166 valence electrons. The molecule has 0 aliphatic carbocycles. The predicted molar refractivity (Wildman–Crippen MR) is 117 cm³/mol. The van der Waals surface area contributed by atoms with Crippen molar-refractivity contribution in [2.24, 2.45) is 0 Å². The average Bonchev–Trinajstić information content (AvgIpc) is 2.78. The van der Waals surface area contributed by atoms with Gasteiger partial charge in [0.2, 0.25) is 5.91 Å². The van der Waals surface area contributed by atoms with E-state index in [0.717, 1.165) is 17.5 Å². The van der Waals surface area contributed by atoms with Gasteiger partial charge in [0.05, 0.1) is 36.6 Å². The van der Waals surface area contributed by atoms with E-state index in [9.17, 15) is 14.4 Å². The number of carbonyl (C=O) groups is 2. The molecular weight excluding hydrogens is 396 g/mol. The van der Waals surface area contributed by atoms with E-state index in [1.165, 1.54) is 0 Å². The zero-order valence-corrected chi connectivity index (χ0v) is 18.3. The van der Waals surface area contributed by atoms with Crippen molar-refractivity contribution in [2.45, 2.75) is 58.3 Å². The van der Waals surface area contributed by atoms with E-state index in [1.807, 2.05) is 37.3 Å². The Morgan fingerprint density at radius 2 is 2.10 bits per heavy atom. The molecule has 0 saturated heterocycles. The first-order valence-corrected chi connectivity index (χ1v) is 10.6. The van der Waals surface area contributed by atoms with Gasteiger partial charge in [-0.2, -0.15) is 0 Å². The fraction of sp³-hybridized carbons (Fsp3) is 0.478. The Hall–Kier alpha value is -2.84. The Bertz CT molecular complexity index is 971. The first kappa shape index (κ1) is 22.8. The number of aromatic nitrogens is 2. The second-order valence-electron chi connectivity index (χ2n) is 8.34. The minimum absolute atomic E-state index is 0.109. The topological polar surface area (TPSA) is 104 Å². The molecule has 0 radical (unpaired) electrons. The number of fused-ring (bicyclic) bond motifs is 1. The van der Waals surface area contributed by atoms with E-state index in [1.54, 1.807) is 18.7 Å². The van der Waals surface area contributed by atoms with Crippen molar-refractivity contribution in [3.63, 3.8) is 0 Å². The fourth-order valence-corrected chi connectivity index (χ4v) is 3.58. The van der Waals surface area contributed by atoms with Gasteiger partial charge in [-0.1, -0.05) is 37.3 Å². The van der Waals surface area contributed by atoms with E-state index in [4.69, 9.17) is 4.74 Å². The van der Waals surface area contributed by atoms with E-state index in [0.29, 0.717) is 37.4 Å². The molecule has 0 fully saturated rings. The molecule has 8 heteroatoms. The van der Waals surface area contributed by atoms with Gasteiger partial charge in [0, 0.05) is 19.4 Å². The Kier molecular flexibility index (Phi) is 7.35. The normalized spacial score (nSPS) is 14.7. The van der Waals surface area contributed by atoms with Crippen molar-refractivity contribution in [1.82, 2.24) is 20.2 Å². The monoisotopic (exact) mass is 426 g/mol. The number of ether oxygens (including phenoxy) is 1. The third-order valence-electron chi connectivity index (χ3n) is 5.30. The van der Waals surface area contributed by atoms with Crippen LogP contribution in [0.25, 0.3) is 0 Å². The average molecular weight is 427 g/mol. The largest absolute Gasteiger partial charge is 0.375 e. The molecular formula is C23H30N4O4. The van der Waals surface area contributed by atoms with Gasteiger partial charge in [0.25, 0.3) is 5.56 Å². The van der Waals surface area contributed by atoms with Gasteiger partial charge in [0.15, 0.2) is 0 Å². The molecule has 0 saturated carbocycles. The smallest absolute Gasteiger partial charge is 0.256 e. The standard InChI is InChI=1S/C23H30N4O4/c1-4-20-24-18-10-11-27(12-17(18)21(29)25-20)22(30)19(26-23(2,3)15-28)14-31-13-16-8-6-5-7-9-16/h5-9,15,19,26H,4,10-14H2,1-3H3,(H,24,25,29)/t19-/m1/s1. The fourth-order valence-electron chi connectivity index (χ4n) is 3.58. The zero-order chi connectivity index (χ0) is 22.4. The van der Waals surface area contributed by atoms with Crippen LogP contribution in [0.1, 0.15) is 43.4 Å². The van der Waals surface area contributed by atoms with E-state index in [-0.39, 0.29) is 24.6 Å². The lowest BCUT2D eigenvalue weighted by molar-refractivity contribution is -0.137. The van der Waals surface area contributed by atoms with Crippen LogP contribution >= 0.6 is 0 Å². The summed E-state index contributed by atoms with van der Waals surface area (Å²) >= 11 is 0. The van der Waals surface area contributed by atoms with Crippen molar-refractivity contribution in [3.8, 4) is 0 Å². The number of amides is 1. The molecule has 1 aliphatic rings. The lowest BCUT2D eigenvalue weighted by atomic mass is 10.0. The summed E-state index contributed by atoms with van der Waals surface area (Å²) in [5, 5.41) is 3.10. The van der Waals surface area contributed by atoms with Gasteiger partial charge >= 0.3 is 0 Å². The molecule has 31 heavy (non-hydrogen) atoms. The minimum atomic E-state index is -0.890. The number of aromatic amines is 1. The van der Waals surface area contributed by atoms with Crippen molar-refractivity contribution in [3.05, 3.63) is 63.3 Å². The molecule has 0 spiro atoms. The summed E-state index contributed by atoms with van der Waals surface area (Å²) < 4.78 is 5.80. The summed E-state index contributed by atoms with van der Waals surface area (Å²) in [6.45, 7) is 6.48. The van der Waals surface area contributed by atoms with Crippen LogP contribution in [0.4, 0.5) is 0 Å². The summed E-state index contributed by atoms with van der Waals surface area (Å²) in [4.78, 5) is 46.1. The Labute approximate surface area is 182 Å². The molecule has 0 bridgehead atoms. The van der Waals surface area contributed by atoms with Crippen molar-refractivity contribution >= 4 is 12.2 Å². The number of aldehydes is 1. The van der Waals surface area contributed by atoms with Gasteiger partial charge in [-0.05, 0) is 19.4 Å². The minimum Gasteiger partial charge on any atom is -0.375 e. The number of H-pyrrole nitrogens is 1. The van der Waals surface area contributed by atoms with Crippen LogP contribution in [0.15, 0.2) is 35.1 Å². The van der Waals surface area contributed by atoms with Crippen LogP contribution in [-0.4, -0.2) is 51.8 Å². The quantitative estimate of drug-likeness (QED) is 0.587. The number of aryl methyl sites for hydroxylation is 1. The molecule has 1 aromatic carbocycles. The van der Waals surface area contributed by atoms with Crippen molar-refractivity contribution < 1.29 is 14.3 Å². The molecule has 0 unspecified atom stereocenters. The highest BCUT2D eigenvalue weighted by Crippen LogP contribution is 2.16. The highest BCUT2D eigenvalue weighted by molar-refractivity contribution is 5.83. The van der Waals surface area contributed by atoms with Gasteiger partial charge < -0.3 is 19.4 Å². The second-order valence-corrected chi connectivity index (χ2v) is 8.34. The van der Waals surface area contributed by atoms with Gasteiger partial charge in [-0.25, -0.2) is 4.98 Å². The predicted octanol–water partition coefficient (Wildman–Crippen LogP) is 1.37. The van der Waals surface area contributed by atoms with Crippen LogP contribution in [0, 0.1) is 0 Å². The molecule has 1 atom stereocenters. The summed E-state index contributed by atoms with van der Waals surface area (Å²) in [6.07, 6.45) is 1.94. The highest BCUT2D eigenvalue weighted by atomic mass is 16.5. The van der Waals surface area contributed by atoms with Crippen molar-refractivity contribution in [2.75, 3.05) is 13.2 Å². The zero-order valence-electron chi connectivity index (χ0n) is 18.3. The lowest BCUT2D eigenvalue weighted by Gasteiger charge is -2.33. The summed E-state index contributed by atoms with van der Waals surface area (Å²) in [6, 6.07) is 8.96. The second kappa shape index (κ2) is 9.98. The molecule has 2 N–H and O–H groups in total. The summed E-state index contributed by atoms with van der Waals surface area (Å²) in [5.74, 6) is 0.456. The van der Waals surface area contributed by atoms with Gasteiger partial charge in [-0.15, -0.1) is 0 Å². The molecule has 1 amide bonds. The number of carbonyl (C=O) groups excluding carboxylic acids is 2. The highest BCUT2D eigenvalue weighted by Gasteiger charge is 2.32. The molecule has 2 heterocycles. The molecule has 1 aliphatic heterocycles. The maximum Gasteiger partial charge on any atom is 0.256 e. The van der Waals surface area contributed by atoms with Crippen molar-refractivity contribution in [1.29, 1.82) is 0 Å². The SMILES string of the molecule is CCc1nc2c(c(=O)[nH]1)CN(C(=O)[C@@H](COCc1ccccc1)NC(C)(C)C=O)CC2. The molecule has 3 rings (SSSR count). The Balaban J connectivity index is 1.73. The Morgan fingerprint density at radius 1 is 1.35 bits per heavy atom. The molecule has 8 nitrogen and oxygen atoms in total. The molecule has 2 aromatic rings. The number of hydrogen-bond donors (Lipinski definition) is 2. The number of nitrogens with one attached hydrogen (secondary N) is 2. The third kappa shape index (κ3) is 5.86. The van der Waals surface area contributed by atoms with E-state index in [2.05, 4.69) is 15.3 Å². The van der Waals surface area contributed by atoms with Crippen LogP contribution < -0.4 is 10.9 Å². The number of nitrogens with zero attached hydrogens (tertiary/aromatic N) is 2. The first-order chi connectivity index (χ1) is 14.8. The van der Waals surface area contributed by atoms with Crippen LogP contribution in [0.3, 0.4) is 0 Å². The number of rotatable bonds is 9. The maximum absolute atomic E-state index is 13.3. The summed E-state index contributed by atoms with van der Waals surface area (Å²) in [5.41, 5.74) is 1.19. The number of benzene rings is 1. The summed E-state index contributed by atoms with van der Waals surface area (Å²) in [7, 11) is 0. The van der Waals surface area contributed by atoms with Crippen LogP contribution in [0.5, 0.6) is 0 Å². The maximum atomic E-state index is 13.3. The van der Waals surface area contributed by atoms with E-state index >= 15 is 0 Å². The van der Waals surface area contributed by atoms with Gasteiger partial charge in [-0.3, -0.25) is 14.9 Å². The Morgan fingerprint density at radius 3 is 2.77 bits per heavy atom.